The fraction of sp³-hybridized carbons (Fsp3) is 0.611. The summed E-state index contributed by atoms with van der Waals surface area (Å²) < 4.78 is 5.62. The summed E-state index contributed by atoms with van der Waals surface area (Å²) in [6, 6.07) is 4.96. The van der Waals surface area contributed by atoms with Gasteiger partial charge in [-0.1, -0.05) is 0 Å². The summed E-state index contributed by atoms with van der Waals surface area (Å²) in [6.45, 7) is 4.73. The van der Waals surface area contributed by atoms with Crippen molar-refractivity contribution in [1.82, 2.24) is 9.80 Å². The number of carboxylic acids is 1. The van der Waals surface area contributed by atoms with E-state index in [2.05, 4.69) is 4.90 Å². The molecule has 0 bridgehead atoms. The zero-order valence-corrected chi connectivity index (χ0v) is 15.4. The van der Waals surface area contributed by atoms with E-state index in [1.54, 1.807) is 12.1 Å². The molecule has 2 rings (SSSR count). The third-order valence-corrected chi connectivity index (χ3v) is 4.75. The summed E-state index contributed by atoms with van der Waals surface area (Å²) in [5.41, 5.74) is 0.885. The van der Waals surface area contributed by atoms with Gasteiger partial charge in [0.25, 0.3) is 5.69 Å². The molecule has 8 nitrogen and oxygen atoms in total. The zero-order chi connectivity index (χ0) is 19.1. The molecule has 1 aliphatic rings. The fourth-order valence-corrected chi connectivity index (χ4v) is 3.42. The largest absolute Gasteiger partial charge is 0.494 e. The quantitative estimate of drug-likeness (QED) is 0.558. The highest BCUT2D eigenvalue weighted by Crippen LogP contribution is 2.27. The van der Waals surface area contributed by atoms with Crippen LogP contribution in [0.25, 0.3) is 0 Å². The van der Waals surface area contributed by atoms with Crippen LogP contribution >= 0.6 is 0 Å². The molecule has 1 aromatic carbocycles. The van der Waals surface area contributed by atoms with E-state index < -0.39 is 10.9 Å². The summed E-state index contributed by atoms with van der Waals surface area (Å²) in [5, 5.41) is 20.0. The van der Waals surface area contributed by atoms with Gasteiger partial charge in [0.05, 0.1) is 18.1 Å². The third-order valence-electron chi connectivity index (χ3n) is 4.75. The highest BCUT2D eigenvalue weighted by Gasteiger charge is 2.23. The van der Waals surface area contributed by atoms with Gasteiger partial charge in [0.2, 0.25) is 0 Å². The van der Waals surface area contributed by atoms with Crippen LogP contribution < -0.4 is 4.74 Å². The lowest BCUT2D eigenvalue weighted by atomic mass is 10.1. The van der Waals surface area contributed by atoms with Gasteiger partial charge in [0.1, 0.15) is 5.75 Å². The number of carboxylic acid groups (broad SMARTS) is 1. The summed E-state index contributed by atoms with van der Waals surface area (Å²) >= 11 is 0. The smallest absolute Gasteiger partial charge is 0.317 e. The van der Waals surface area contributed by atoms with Crippen LogP contribution in [0, 0.1) is 10.1 Å². The average Bonchev–Trinajstić information content (AvgIpc) is 2.81. The number of carbonyl (C=O) groups is 1. The molecule has 26 heavy (non-hydrogen) atoms. The van der Waals surface area contributed by atoms with Crippen LogP contribution in [0.3, 0.4) is 0 Å². The predicted octanol–water partition coefficient (Wildman–Crippen LogP) is 2.36. The summed E-state index contributed by atoms with van der Waals surface area (Å²) in [4.78, 5) is 25.7. The number of nitrogens with zero attached hydrogens (tertiary/aromatic N) is 3. The Morgan fingerprint density at radius 3 is 2.85 bits per heavy atom. The Morgan fingerprint density at radius 2 is 2.19 bits per heavy atom. The molecule has 0 radical (unpaired) electrons. The fourth-order valence-electron chi connectivity index (χ4n) is 3.42. The summed E-state index contributed by atoms with van der Waals surface area (Å²) in [5.74, 6) is -0.131. The minimum atomic E-state index is -0.813. The molecule has 0 aliphatic carbocycles. The molecule has 1 aromatic rings. The van der Waals surface area contributed by atoms with Gasteiger partial charge in [0, 0.05) is 30.3 Å². The van der Waals surface area contributed by atoms with Crippen LogP contribution in [0.5, 0.6) is 5.75 Å². The van der Waals surface area contributed by atoms with E-state index in [0.717, 1.165) is 37.9 Å². The van der Waals surface area contributed by atoms with Crippen LogP contribution in [0.4, 0.5) is 5.69 Å². The van der Waals surface area contributed by atoms with Crippen molar-refractivity contribution in [3.05, 3.63) is 33.9 Å². The zero-order valence-electron chi connectivity index (χ0n) is 15.4. The van der Waals surface area contributed by atoms with Crippen LogP contribution in [0.1, 0.15) is 31.7 Å². The molecule has 0 spiro atoms. The van der Waals surface area contributed by atoms with Crippen molar-refractivity contribution in [3.8, 4) is 5.75 Å². The number of ether oxygens (including phenoxy) is 1. The number of non-ortho nitro benzene ring substituents is 1. The normalized spacial score (nSPS) is 18.5. The Balaban J connectivity index is 2.05. The Kier molecular flexibility index (Phi) is 7.35. The molecule has 0 amide bonds. The van der Waals surface area contributed by atoms with Gasteiger partial charge >= 0.3 is 5.97 Å². The van der Waals surface area contributed by atoms with E-state index in [1.807, 2.05) is 18.9 Å². The van der Waals surface area contributed by atoms with Crippen LogP contribution in [-0.4, -0.2) is 65.1 Å². The van der Waals surface area contributed by atoms with E-state index in [1.165, 1.54) is 6.07 Å². The van der Waals surface area contributed by atoms with E-state index in [0.29, 0.717) is 18.9 Å². The second-order valence-corrected chi connectivity index (χ2v) is 6.65. The van der Waals surface area contributed by atoms with Crippen molar-refractivity contribution in [3.63, 3.8) is 0 Å². The topological polar surface area (TPSA) is 96.2 Å². The number of hydrogen-bond donors (Lipinski definition) is 1. The summed E-state index contributed by atoms with van der Waals surface area (Å²) in [7, 11) is 1.85. The number of likely N-dealkylation sites (N-methyl/N-ethyl adjacent to an activating group) is 1. The Hall–Kier alpha value is -2.19. The van der Waals surface area contributed by atoms with Crippen molar-refractivity contribution >= 4 is 11.7 Å². The van der Waals surface area contributed by atoms with E-state index in [4.69, 9.17) is 9.84 Å². The Labute approximate surface area is 153 Å². The monoisotopic (exact) mass is 365 g/mol. The standard InChI is InChI=1S/C18H27N3O5/c1-3-26-17-7-6-16(21(24)25)11-14(17)12-20-9-4-5-15(8-10-20)19(2)13-18(22)23/h6-7,11,15H,3-5,8-10,12-13H2,1-2H3,(H,22,23). The molecular weight excluding hydrogens is 338 g/mol. The van der Waals surface area contributed by atoms with Crippen LogP contribution in [-0.2, 0) is 11.3 Å². The highest BCUT2D eigenvalue weighted by atomic mass is 16.6. The predicted molar refractivity (Wildman–Crippen MR) is 97.4 cm³/mol. The molecule has 144 valence electrons. The molecule has 1 N–H and O–H groups in total. The summed E-state index contributed by atoms with van der Waals surface area (Å²) in [6.07, 6.45) is 2.80. The van der Waals surface area contributed by atoms with Gasteiger partial charge in [-0.15, -0.1) is 0 Å². The highest BCUT2D eigenvalue weighted by molar-refractivity contribution is 5.69. The molecule has 1 heterocycles. The Morgan fingerprint density at radius 1 is 1.42 bits per heavy atom. The molecule has 1 atom stereocenters. The van der Waals surface area contributed by atoms with E-state index in [9.17, 15) is 14.9 Å². The maximum atomic E-state index is 11.1. The molecule has 1 fully saturated rings. The SMILES string of the molecule is CCOc1ccc([N+](=O)[O-])cc1CN1CCCC(N(C)CC(=O)O)CC1. The van der Waals surface area contributed by atoms with Crippen molar-refractivity contribution in [2.75, 3.05) is 33.3 Å². The van der Waals surface area contributed by atoms with Crippen molar-refractivity contribution in [2.24, 2.45) is 0 Å². The van der Waals surface area contributed by atoms with Crippen LogP contribution in [0.15, 0.2) is 18.2 Å². The number of likely N-dealkylation sites (tertiary alicyclic amines) is 1. The number of nitro benzene ring substituents is 1. The maximum absolute atomic E-state index is 11.1. The van der Waals surface area contributed by atoms with Gasteiger partial charge in [-0.05, 0) is 52.4 Å². The lowest BCUT2D eigenvalue weighted by Crippen LogP contribution is -2.36. The Bertz CT molecular complexity index is 637. The van der Waals surface area contributed by atoms with E-state index in [-0.39, 0.29) is 18.3 Å². The second-order valence-electron chi connectivity index (χ2n) is 6.65. The minimum absolute atomic E-state index is 0.0457. The molecule has 0 saturated carbocycles. The molecular formula is C18H27N3O5. The van der Waals surface area contributed by atoms with Gasteiger partial charge in [-0.25, -0.2) is 0 Å². The second kappa shape index (κ2) is 9.49. The number of rotatable bonds is 8. The number of nitro groups is 1. The lowest BCUT2D eigenvalue weighted by Gasteiger charge is -2.25. The lowest BCUT2D eigenvalue weighted by molar-refractivity contribution is -0.385. The molecule has 1 unspecified atom stereocenters. The molecule has 1 saturated heterocycles. The molecule has 0 aromatic heterocycles. The third kappa shape index (κ3) is 5.67. The number of benzene rings is 1. The average molecular weight is 365 g/mol. The first-order valence-corrected chi connectivity index (χ1v) is 8.95. The maximum Gasteiger partial charge on any atom is 0.317 e. The minimum Gasteiger partial charge on any atom is -0.494 e. The number of aliphatic carboxylic acids is 1. The van der Waals surface area contributed by atoms with Gasteiger partial charge in [0.15, 0.2) is 0 Å². The first kappa shape index (κ1) is 20.1. The van der Waals surface area contributed by atoms with Gasteiger partial charge in [-0.2, -0.15) is 0 Å². The first-order valence-electron chi connectivity index (χ1n) is 8.95. The van der Waals surface area contributed by atoms with Gasteiger partial charge in [-0.3, -0.25) is 24.7 Å². The van der Waals surface area contributed by atoms with Crippen molar-refractivity contribution in [2.45, 2.75) is 38.8 Å². The van der Waals surface area contributed by atoms with Crippen LogP contribution in [0.2, 0.25) is 0 Å². The van der Waals surface area contributed by atoms with E-state index >= 15 is 0 Å². The molecule has 1 aliphatic heterocycles. The van der Waals surface area contributed by atoms with Crippen molar-refractivity contribution in [1.29, 1.82) is 0 Å². The molecule has 8 heteroatoms. The van der Waals surface area contributed by atoms with Crippen molar-refractivity contribution < 1.29 is 19.6 Å². The van der Waals surface area contributed by atoms with Gasteiger partial charge < -0.3 is 9.84 Å². The number of hydrogen-bond acceptors (Lipinski definition) is 6. The first-order chi connectivity index (χ1) is 12.4.